The molecule has 9 heteroatoms. The summed E-state index contributed by atoms with van der Waals surface area (Å²) in [6, 6.07) is 21.9. The van der Waals surface area contributed by atoms with Crippen molar-refractivity contribution in [1.29, 1.82) is 0 Å². The van der Waals surface area contributed by atoms with Crippen LogP contribution in [0.5, 0.6) is 5.75 Å². The summed E-state index contributed by atoms with van der Waals surface area (Å²) in [5, 5.41) is 0.436. The number of ketones is 1. The minimum atomic E-state index is -0.301. The lowest BCUT2D eigenvalue weighted by Crippen LogP contribution is -2.41. The van der Waals surface area contributed by atoms with E-state index in [9.17, 15) is 14.4 Å². The quantitative estimate of drug-likeness (QED) is 0.238. The molecule has 7 nitrogen and oxygen atoms in total. The number of hydrogen-bond acceptors (Lipinski definition) is 4. The molecule has 2 heterocycles. The largest absolute Gasteiger partial charge is 0.497 e. The van der Waals surface area contributed by atoms with Crippen molar-refractivity contribution in [3.63, 3.8) is 0 Å². The third-order valence-electron chi connectivity index (χ3n) is 7.09. The van der Waals surface area contributed by atoms with E-state index in [1.165, 1.54) is 4.57 Å². The molecule has 0 fully saturated rings. The molecule has 39 heavy (non-hydrogen) atoms. The summed E-state index contributed by atoms with van der Waals surface area (Å²) in [5.41, 5.74) is 2.59. The third kappa shape index (κ3) is 5.31. The molecule has 0 saturated carbocycles. The molecule has 0 radical (unpaired) electrons. The second-order valence-corrected chi connectivity index (χ2v) is 10.8. The minimum absolute atomic E-state index is 0.0556. The van der Waals surface area contributed by atoms with Crippen LogP contribution in [0.25, 0.3) is 5.69 Å². The zero-order chi connectivity index (χ0) is 27.7. The van der Waals surface area contributed by atoms with Crippen LogP contribution in [0.4, 0.5) is 0 Å². The molecule has 4 aromatic rings. The Labute approximate surface area is 239 Å². The van der Waals surface area contributed by atoms with E-state index in [0.29, 0.717) is 44.4 Å². The Morgan fingerprint density at radius 2 is 1.74 bits per heavy atom. The first-order valence-corrected chi connectivity index (χ1v) is 13.8. The lowest BCUT2D eigenvalue weighted by Gasteiger charge is -2.28. The Kier molecular flexibility index (Phi) is 7.77. The topological polar surface area (TPSA) is 73.5 Å². The SMILES string of the molecule is COc1ccc(-n2c(C(=O)C[C@@H](C)c3ccccc3)c3n(c2=O)CCN(C(=O)c2ccc(Br)c(Cl)c2)C3)cc1. The summed E-state index contributed by atoms with van der Waals surface area (Å²) in [6.07, 6.45) is 0.215. The average molecular weight is 609 g/mol. The molecular weight excluding hydrogens is 582 g/mol. The molecule has 0 saturated heterocycles. The maximum atomic E-state index is 13.9. The predicted molar refractivity (Wildman–Crippen MR) is 154 cm³/mol. The molecule has 0 N–H and O–H groups in total. The number of carbonyl (C=O) groups is 2. The lowest BCUT2D eigenvalue weighted by atomic mass is 9.94. The number of ether oxygens (including phenoxy) is 1. The predicted octanol–water partition coefficient (Wildman–Crippen LogP) is 6.10. The first-order chi connectivity index (χ1) is 18.8. The van der Waals surface area contributed by atoms with Gasteiger partial charge < -0.3 is 9.64 Å². The molecule has 0 aliphatic carbocycles. The van der Waals surface area contributed by atoms with E-state index in [-0.39, 0.29) is 42.8 Å². The average Bonchev–Trinajstić information content (AvgIpc) is 3.26. The molecule has 1 aromatic heterocycles. The zero-order valence-corrected chi connectivity index (χ0v) is 23.9. The van der Waals surface area contributed by atoms with Crippen LogP contribution in [0.1, 0.15) is 51.4 Å². The van der Waals surface area contributed by atoms with Crippen molar-refractivity contribution in [3.8, 4) is 11.4 Å². The number of hydrogen-bond donors (Lipinski definition) is 0. The Morgan fingerprint density at radius 1 is 1.03 bits per heavy atom. The number of rotatable bonds is 7. The summed E-state index contributed by atoms with van der Waals surface area (Å²) < 4.78 is 9.06. The van der Waals surface area contributed by atoms with Crippen LogP contribution in [0, 0.1) is 0 Å². The van der Waals surface area contributed by atoms with Crippen molar-refractivity contribution in [3.05, 3.63) is 115 Å². The van der Waals surface area contributed by atoms with Gasteiger partial charge in [-0.15, -0.1) is 0 Å². The Bertz CT molecular complexity index is 1600. The maximum absolute atomic E-state index is 13.9. The van der Waals surface area contributed by atoms with Gasteiger partial charge in [0, 0.05) is 29.5 Å². The summed E-state index contributed by atoms with van der Waals surface area (Å²) in [5.74, 6) is 0.219. The highest BCUT2D eigenvalue weighted by Crippen LogP contribution is 2.28. The second kappa shape index (κ2) is 11.2. The number of benzene rings is 3. The van der Waals surface area contributed by atoms with Gasteiger partial charge in [0.25, 0.3) is 5.91 Å². The van der Waals surface area contributed by atoms with E-state index in [1.807, 2.05) is 37.3 Å². The normalized spacial score (nSPS) is 13.6. The Morgan fingerprint density at radius 3 is 2.41 bits per heavy atom. The van der Waals surface area contributed by atoms with Crippen molar-refractivity contribution in [2.75, 3.05) is 13.7 Å². The van der Waals surface area contributed by atoms with Crippen molar-refractivity contribution < 1.29 is 14.3 Å². The fourth-order valence-electron chi connectivity index (χ4n) is 4.98. The van der Waals surface area contributed by atoms with Gasteiger partial charge >= 0.3 is 5.69 Å². The number of carbonyl (C=O) groups excluding carboxylic acids is 2. The molecule has 200 valence electrons. The van der Waals surface area contributed by atoms with Crippen LogP contribution in [0.15, 0.2) is 82.1 Å². The van der Waals surface area contributed by atoms with Crippen LogP contribution in [-0.2, 0) is 13.1 Å². The molecule has 3 aromatic carbocycles. The number of fused-ring (bicyclic) bond motifs is 1. The molecule has 0 bridgehead atoms. The van der Waals surface area contributed by atoms with E-state index >= 15 is 0 Å². The van der Waals surface area contributed by atoms with Gasteiger partial charge in [-0.05, 0) is 69.9 Å². The van der Waals surface area contributed by atoms with E-state index in [2.05, 4.69) is 15.9 Å². The second-order valence-electron chi connectivity index (χ2n) is 9.56. The van der Waals surface area contributed by atoms with Gasteiger partial charge in [0.1, 0.15) is 11.4 Å². The molecule has 5 rings (SSSR count). The van der Waals surface area contributed by atoms with Gasteiger partial charge in [-0.1, -0.05) is 48.9 Å². The van der Waals surface area contributed by atoms with Crippen LogP contribution in [0.3, 0.4) is 0 Å². The van der Waals surface area contributed by atoms with E-state index in [4.69, 9.17) is 16.3 Å². The van der Waals surface area contributed by atoms with E-state index in [0.717, 1.165) is 5.56 Å². The van der Waals surface area contributed by atoms with Gasteiger partial charge in [-0.25, -0.2) is 4.79 Å². The first-order valence-electron chi connectivity index (χ1n) is 12.6. The highest BCUT2D eigenvalue weighted by Gasteiger charge is 2.32. The van der Waals surface area contributed by atoms with Crippen LogP contribution in [0.2, 0.25) is 5.02 Å². The minimum Gasteiger partial charge on any atom is -0.497 e. The number of halogens is 2. The number of amides is 1. The van der Waals surface area contributed by atoms with Gasteiger partial charge in [-0.3, -0.25) is 18.7 Å². The highest BCUT2D eigenvalue weighted by molar-refractivity contribution is 9.10. The molecule has 1 aliphatic heterocycles. The maximum Gasteiger partial charge on any atom is 0.333 e. The first kappa shape index (κ1) is 27.0. The van der Waals surface area contributed by atoms with Crippen LogP contribution in [-0.4, -0.2) is 39.4 Å². The zero-order valence-electron chi connectivity index (χ0n) is 21.6. The molecule has 1 atom stereocenters. The number of imidazole rings is 1. The standard InChI is InChI=1S/C30H27BrClN3O4/c1-19(20-6-4-3-5-7-20)16-27(36)28-26-18-33(29(37)21-8-13-24(31)25(32)17-21)14-15-34(26)30(38)35(28)22-9-11-23(39-2)12-10-22/h3-13,17,19H,14-16,18H2,1-2H3/t19-/m1/s1. The third-order valence-corrected chi connectivity index (χ3v) is 8.32. The van der Waals surface area contributed by atoms with Crippen molar-refractivity contribution in [2.24, 2.45) is 0 Å². The molecule has 0 spiro atoms. The highest BCUT2D eigenvalue weighted by atomic mass is 79.9. The summed E-state index contributed by atoms with van der Waals surface area (Å²) in [4.78, 5) is 42.7. The van der Waals surface area contributed by atoms with Crippen molar-refractivity contribution >= 4 is 39.2 Å². The Hall–Kier alpha value is -3.62. The Balaban J connectivity index is 1.56. The monoisotopic (exact) mass is 607 g/mol. The van der Waals surface area contributed by atoms with Gasteiger partial charge in [0.05, 0.1) is 30.1 Å². The van der Waals surface area contributed by atoms with Crippen molar-refractivity contribution in [2.45, 2.75) is 32.4 Å². The fraction of sp³-hybridized carbons (Fsp3) is 0.233. The van der Waals surface area contributed by atoms with Crippen LogP contribution >= 0.6 is 27.5 Å². The number of Topliss-reactive ketones (excluding diaryl/α,β-unsaturated/α-hetero) is 1. The fourth-order valence-corrected chi connectivity index (χ4v) is 5.40. The van der Waals surface area contributed by atoms with Crippen molar-refractivity contribution in [1.82, 2.24) is 14.0 Å². The lowest BCUT2D eigenvalue weighted by molar-refractivity contribution is 0.0706. The van der Waals surface area contributed by atoms with Crippen LogP contribution < -0.4 is 10.4 Å². The van der Waals surface area contributed by atoms with Gasteiger partial charge in [-0.2, -0.15) is 0 Å². The van der Waals surface area contributed by atoms with E-state index < -0.39 is 0 Å². The molecule has 0 unspecified atom stereocenters. The smallest absolute Gasteiger partial charge is 0.333 e. The summed E-state index contributed by atoms with van der Waals surface area (Å²) in [6.45, 7) is 2.74. The number of methoxy groups -OCH3 is 1. The number of nitrogens with zero attached hydrogens (tertiary/aromatic N) is 3. The van der Waals surface area contributed by atoms with E-state index in [1.54, 1.807) is 59.0 Å². The molecule has 1 aliphatic rings. The molecular formula is C30H27BrClN3O4. The van der Waals surface area contributed by atoms with Gasteiger partial charge in [0.15, 0.2) is 5.78 Å². The van der Waals surface area contributed by atoms with Gasteiger partial charge in [0.2, 0.25) is 0 Å². The summed E-state index contributed by atoms with van der Waals surface area (Å²) >= 11 is 9.59. The number of aromatic nitrogens is 2. The molecule has 1 amide bonds. The summed E-state index contributed by atoms with van der Waals surface area (Å²) in [7, 11) is 1.57.